The molecule has 0 bridgehead atoms. The summed E-state index contributed by atoms with van der Waals surface area (Å²) in [4.78, 5) is 52.4. The molecule has 0 aromatic heterocycles. The highest BCUT2D eigenvalue weighted by Gasteiger charge is 2.34. The largest absolute Gasteiger partial charge is 0.444 e. The van der Waals surface area contributed by atoms with Crippen LogP contribution in [0.2, 0.25) is 0 Å². The third kappa shape index (κ3) is 8.84. The number of carbonyl (C=O) groups is 4. The van der Waals surface area contributed by atoms with Crippen LogP contribution < -0.4 is 16.0 Å². The molecule has 0 saturated carbocycles. The minimum Gasteiger partial charge on any atom is -0.444 e. The molecule has 4 amide bonds. The number of hydrogen-bond donors (Lipinski definition) is 3. The monoisotopic (exact) mass is 502 g/mol. The molecule has 3 atom stereocenters. The normalized spacial score (nSPS) is 17.1. The number of benzene rings is 1. The Kier molecular flexibility index (Phi) is 10.3. The molecule has 1 heterocycles. The quantitative estimate of drug-likeness (QED) is 0.505. The summed E-state index contributed by atoms with van der Waals surface area (Å²) in [5, 5.41) is 8.43. The van der Waals surface area contributed by atoms with E-state index in [9.17, 15) is 19.2 Å². The fraction of sp³-hybridized carbons (Fsp3) is 0.630. The van der Waals surface area contributed by atoms with Gasteiger partial charge in [0.15, 0.2) is 0 Å². The zero-order valence-corrected chi connectivity index (χ0v) is 22.6. The van der Waals surface area contributed by atoms with Gasteiger partial charge in [0.1, 0.15) is 17.7 Å². The molecule has 3 N–H and O–H groups in total. The standard InChI is InChI=1S/C27H42N4O5/c1-17(2)22(30-26(35)36-27(5,6)7)25(34)31-15-13-21(14-16-31)24(33)29-19(4)23(32)28-18(3)20-11-9-8-10-12-20/h8-12,17-19,21-22H,13-16H2,1-7H3,(H,28,32)(H,29,33)(H,30,35)/t18?,19-,22-/m0/s1. The van der Waals surface area contributed by atoms with E-state index < -0.39 is 23.8 Å². The summed E-state index contributed by atoms with van der Waals surface area (Å²) in [6.07, 6.45) is 0.352. The highest BCUT2D eigenvalue weighted by Crippen LogP contribution is 2.20. The van der Waals surface area contributed by atoms with E-state index in [1.54, 1.807) is 32.6 Å². The number of hydrogen-bond acceptors (Lipinski definition) is 5. The van der Waals surface area contributed by atoms with Crippen molar-refractivity contribution < 1.29 is 23.9 Å². The molecule has 36 heavy (non-hydrogen) atoms. The first-order chi connectivity index (χ1) is 16.8. The van der Waals surface area contributed by atoms with E-state index >= 15 is 0 Å². The minimum atomic E-state index is -0.708. The number of alkyl carbamates (subject to hydrolysis) is 1. The van der Waals surface area contributed by atoms with Crippen molar-refractivity contribution in [1.82, 2.24) is 20.9 Å². The van der Waals surface area contributed by atoms with Crippen molar-refractivity contribution in [1.29, 1.82) is 0 Å². The topological polar surface area (TPSA) is 117 Å². The van der Waals surface area contributed by atoms with Crippen molar-refractivity contribution in [2.75, 3.05) is 13.1 Å². The number of nitrogens with zero attached hydrogens (tertiary/aromatic N) is 1. The lowest BCUT2D eigenvalue weighted by Crippen LogP contribution is -2.54. The Morgan fingerprint density at radius 2 is 1.50 bits per heavy atom. The second-order valence-corrected chi connectivity index (χ2v) is 10.8. The molecule has 1 unspecified atom stereocenters. The van der Waals surface area contributed by atoms with Gasteiger partial charge in [-0.3, -0.25) is 14.4 Å². The zero-order chi connectivity index (χ0) is 27.0. The Bertz CT molecular complexity index is 904. The molecule has 0 radical (unpaired) electrons. The van der Waals surface area contributed by atoms with Gasteiger partial charge in [-0.2, -0.15) is 0 Å². The predicted octanol–water partition coefficient (Wildman–Crippen LogP) is 3.16. The Labute approximate surface area is 214 Å². The van der Waals surface area contributed by atoms with E-state index in [-0.39, 0.29) is 35.6 Å². The molecule has 0 aliphatic carbocycles. The molecule has 1 aliphatic rings. The number of nitrogens with one attached hydrogen (secondary N) is 3. The number of ether oxygens (including phenoxy) is 1. The van der Waals surface area contributed by atoms with Crippen LogP contribution >= 0.6 is 0 Å². The van der Waals surface area contributed by atoms with Gasteiger partial charge in [-0.05, 0) is 58.9 Å². The average Bonchev–Trinajstić information content (AvgIpc) is 2.81. The summed E-state index contributed by atoms with van der Waals surface area (Å²) in [7, 11) is 0. The smallest absolute Gasteiger partial charge is 0.408 e. The maximum absolute atomic E-state index is 13.1. The third-order valence-corrected chi connectivity index (χ3v) is 6.19. The molecule has 2 rings (SSSR count). The van der Waals surface area contributed by atoms with Gasteiger partial charge >= 0.3 is 6.09 Å². The minimum absolute atomic E-state index is 0.122. The molecule has 200 valence electrons. The lowest BCUT2D eigenvalue weighted by Gasteiger charge is -2.35. The van der Waals surface area contributed by atoms with Crippen molar-refractivity contribution in [2.45, 2.75) is 85.0 Å². The van der Waals surface area contributed by atoms with Gasteiger partial charge in [-0.25, -0.2) is 4.79 Å². The lowest BCUT2D eigenvalue weighted by molar-refractivity contribution is -0.138. The molecular weight excluding hydrogens is 460 g/mol. The number of amides is 4. The summed E-state index contributed by atoms with van der Waals surface area (Å²) in [5.41, 5.74) is 0.329. The molecule has 1 saturated heterocycles. The summed E-state index contributed by atoms with van der Waals surface area (Å²) in [6, 6.07) is 8.07. The van der Waals surface area contributed by atoms with Gasteiger partial charge in [0, 0.05) is 19.0 Å². The van der Waals surface area contributed by atoms with Crippen LogP contribution in [0.1, 0.15) is 72.9 Å². The van der Waals surface area contributed by atoms with E-state index in [0.29, 0.717) is 25.9 Å². The molecule has 9 heteroatoms. The first-order valence-electron chi connectivity index (χ1n) is 12.7. The molecule has 0 spiro atoms. The first-order valence-corrected chi connectivity index (χ1v) is 12.7. The maximum atomic E-state index is 13.1. The second-order valence-electron chi connectivity index (χ2n) is 10.8. The number of piperidine rings is 1. The van der Waals surface area contributed by atoms with Gasteiger partial charge in [0.25, 0.3) is 0 Å². The van der Waals surface area contributed by atoms with Crippen molar-refractivity contribution >= 4 is 23.8 Å². The summed E-state index contributed by atoms with van der Waals surface area (Å²) in [6.45, 7) is 13.4. The van der Waals surface area contributed by atoms with Crippen LogP contribution in [0.4, 0.5) is 4.79 Å². The van der Waals surface area contributed by atoms with E-state index in [1.165, 1.54) is 0 Å². The van der Waals surface area contributed by atoms with Crippen LogP contribution in [0.15, 0.2) is 30.3 Å². The Hall–Kier alpha value is -3.10. The summed E-state index contributed by atoms with van der Waals surface area (Å²) < 4.78 is 5.30. The Morgan fingerprint density at radius 3 is 2.03 bits per heavy atom. The molecule has 9 nitrogen and oxygen atoms in total. The van der Waals surface area contributed by atoms with E-state index in [4.69, 9.17) is 4.74 Å². The number of rotatable bonds is 8. The molecule has 1 aromatic rings. The summed E-state index contributed by atoms with van der Waals surface area (Å²) in [5.74, 6) is -1.03. The SMILES string of the molecule is CC(NC(=O)[C@H](C)NC(=O)C1CCN(C(=O)[C@@H](NC(=O)OC(C)(C)C)C(C)C)CC1)c1ccccc1. The van der Waals surface area contributed by atoms with Crippen LogP contribution in [-0.2, 0) is 19.1 Å². The third-order valence-electron chi connectivity index (χ3n) is 6.19. The molecular formula is C27H42N4O5. The van der Waals surface area contributed by atoms with Gasteiger partial charge in [0.05, 0.1) is 6.04 Å². The van der Waals surface area contributed by atoms with Crippen LogP contribution in [0.25, 0.3) is 0 Å². The number of likely N-dealkylation sites (tertiary alicyclic amines) is 1. The van der Waals surface area contributed by atoms with Crippen molar-refractivity contribution in [3.05, 3.63) is 35.9 Å². The lowest BCUT2D eigenvalue weighted by atomic mass is 9.94. The van der Waals surface area contributed by atoms with Crippen LogP contribution in [0, 0.1) is 11.8 Å². The second kappa shape index (κ2) is 12.7. The Morgan fingerprint density at radius 1 is 0.917 bits per heavy atom. The van der Waals surface area contributed by atoms with Crippen molar-refractivity contribution in [3.8, 4) is 0 Å². The van der Waals surface area contributed by atoms with Crippen LogP contribution in [0.3, 0.4) is 0 Å². The van der Waals surface area contributed by atoms with Gasteiger partial charge in [-0.15, -0.1) is 0 Å². The molecule has 1 aliphatic heterocycles. The van der Waals surface area contributed by atoms with E-state index in [2.05, 4.69) is 16.0 Å². The number of carbonyl (C=O) groups excluding carboxylic acids is 4. The fourth-order valence-electron chi connectivity index (χ4n) is 4.07. The van der Waals surface area contributed by atoms with Crippen molar-refractivity contribution in [2.24, 2.45) is 11.8 Å². The first kappa shape index (κ1) is 29.1. The molecule has 1 fully saturated rings. The van der Waals surface area contributed by atoms with Gasteiger partial charge in [0.2, 0.25) is 17.7 Å². The highest BCUT2D eigenvalue weighted by molar-refractivity contribution is 5.89. The van der Waals surface area contributed by atoms with E-state index in [1.807, 2.05) is 51.1 Å². The van der Waals surface area contributed by atoms with Gasteiger partial charge in [-0.1, -0.05) is 44.2 Å². The van der Waals surface area contributed by atoms with Gasteiger partial charge < -0.3 is 25.6 Å². The van der Waals surface area contributed by atoms with E-state index in [0.717, 1.165) is 5.56 Å². The fourth-order valence-corrected chi connectivity index (χ4v) is 4.07. The molecule has 1 aromatic carbocycles. The summed E-state index contributed by atoms with van der Waals surface area (Å²) >= 11 is 0. The average molecular weight is 503 g/mol. The maximum Gasteiger partial charge on any atom is 0.408 e. The van der Waals surface area contributed by atoms with Crippen molar-refractivity contribution in [3.63, 3.8) is 0 Å². The van der Waals surface area contributed by atoms with Crippen LogP contribution in [-0.4, -0.2) is 59.5 Å². The zero-order valence-electron chi connectivity index (χ0n) is 22.6. The Balaban J connectivity index is 1.85. The highest BCUT2D eigenvalue weighted by atomic mass is 16.6. The predicted molar refractivity (Wildman–Crippen MR) is 138 cm³/mol. The van der Waals surface area contributed by atoms with Crippen LogP contribution in [0.5, 0.6) is 0 Å².